The van der Waals surface area contributed by atoms with Crippen LogP contribution in [0.25, 0.3) is 0 Å². The molecule has 0 aromatic heterocycles. The lowest BCUT2D eigenvalue weighted by Gasteiger charge is -2.08. The SMILES string of the molecule is COC(=O)c1cc(C(=O)OCC(=O)NCCc2ccc(F)cc2)cc([N+](=O)[O-])c1. The Morgan fingerprint density at radius 3 is 2.28 bits per heavy atom. The summed E-state index contributed by atoms with van der Waals surface area (Å²) in [7, 11) is 1.09. The summed E-state index contributed by atoms with van der Waals surface area (Å²) in [5, 5.41) is 13.5. The summed E-state index contributed by atoms with van der Waals surface area (Å²) in [4.78, 5) is 45.7. The Balaban J connectivity index is 1.91. The molecular formula is C19H17FN2O7. The number of ether oxygens (including phenoxy) is 2. The molecule has 1 amide bonds. The molecule has 2 rings (SSSR count). The minimum atomic E-state index is -1.01. The molecule has 0 saturated carbocycles. The fourth-order valence-corrected chi connectivity index (χ4v) is 2.33. The van der Waals surface area contributed by atoms with Crippen molar-refractivity contribution in [2.75, 3.05) is 20.3 Å². The van der Waals surface area contributed by atoms with E-state index in [-0.39, 0.29) is 23.5 Å². The van der Waals surface area contributed by atoms with Crippen molar-refractivity contribution in [3.63, 3.8) is 0 Å². The molecule has 2 aromatic rings. The van der Waals surface area contributed by atoms with Crippen molar-refractivity contribution in [1.29, 1.82) is 0 Å². The second kappa shape index (κ2) is 9.93. The third-order valence-electron chi connectivity index (χ3n) is 3.77. The van der Waals surface area contributed by atoms with E-state index in [1.165, 1.54) is 12.1 Å². The number of non-ortho nitro benzene ring substituents is 1. The van der Waals surface area contributed by atoms with Crippen molar-refractivity contribution in [3.8, 4) is 0 Å². The van der Waals surface area contributed by atoms with Gasteiger partial charge in [0, 0.05) is 18.7 Å². The fraction of sp³-hybridized carbons (Fsp3) is 0.211. The number of nitrogens with zero attached hydrogens (tertiary/aromatic N) is 1. The normalized spacial score (nSPS) is 10.1. The van der Waals surface area contributed by atoms with Crippen LogP contribution in [0.3, 0.4) is 0 Å². The van der Waals surface area contributed by atoms with Gasteiger partial charge in [0.25, 0.3) is 11.6 Å². The number of hydrogen-bond donors (Lipinski definition) is 1. The van der Waals surface area contributed by atoms with E-state index < -0.39 is 35.1 Å². The summed E-state index contributed by atoms with van der Waals surface area (Å²) in [5.41, 5.74) is -0.143. The first kappa shape index (κ1) is 21.5. The highest BCUT2D eigenvalue weighted by molar-refractivity contribution is 5.97. The number of carbonyl (C=O) groups is 3. The molecule has 152 valence electrons. The Kier molecular flexibility index (Phi) is 7.35. The number of nitro benzene ring substituents is 1. The van der Waals surface area contributed by atoms with Gasteiger partial charge in [0.15, 0.2) is 6.61 Å². The van der Waals surface area contributed by atoms with Crippen LogP contribution >= 0.6 is 0 Å². The summed E-state index contributed by atoms with van der Waals surface area (Å²) in [5.74, 6) is -2.81. The Morgan fingerprint density at radius 2 is 1.69 bits per heavy atom. The zero-order valence-electron chi connectivity index (χ0n) is 15.3. The van der Waals surface area contributed by atoms with E-state index in [0.717, 1.165) is 30.9 Å². The largest absolute Gasteiger partial charge is 0.465 e. The molecule has 0 aliphatic heterocycles. The van der Waals surface area contributed by atoms with Gasteiger partial charge in [0.05, 0.1) is 23.2 Å². The van der Waals surface area contributed by atoms with Gasteiger partial charge >= 0.3 is 11.9 Å². The molecule has 0 atom stereocenters. The van der Waals surface area contributed by atoms with Gasteiger partial charge in [-0.3, -0.25) is 14.9 Å². The summed E-state index contributed by atoms with van der Waals surface area (Å²) >= 11 is 0. The Bertz CT molecular complexity index is 929. The van der Waals surface area contributed by atoms with Crippen LogP contribution in [-0.4, -0.2) is 43.0 Å². The number of benzene rings is 2. The predicted molar refractivity (Wildman–Crippen MR) is 97.8 cm³/mol. The molecule has 0 aliphatic rings. The van der Waals surface area contributed by atoms with Gasteiger partial charge in [-0.1, -0.05) is 12.1 Å². The van der Waals surface area contributed by atoms with Crippen LogP contribution < -0.4 is 5.32 Å². The maximum absolute atomic E-state index is 12.8. The molecule has 0 saturated heterocycles. The predicted octanol–water partition coefficient (Wildman–Crippen LogP) is 2.04. The first-order valence-corrected chi connectivity index (χ1v) is 8.36. The van der Waals surface area contributed by atoms with Crippen LogP contribution in [0.1, 0.15) is 26.3 Å². The third-order valence-corrected chi connectivity index (χ3v) is 3.77. The van der Waals surface area contributed by atoms with Crippen molar-refractivity contribution < 1.29 is 33.2 Å². The number of nitro groups is 1. The van der Waals surface area contributed by atoms with E-state index in [2.05, 4.69) is 10.1 Å². The molecule has 9 nitrogen and oxygen atoms in total. The van der Waals surface area contributed by atoms with Crippen molar-refractivity contribution in [3.05, 3.63) is 75.1 Å². The van der Waals surface area contributed by atoms with Gasteiger partial charge in [-0.2, -0.15) is 0 Å². The van der Waals surface area contributed by atoms with E-state index >= 15 is 0 Å². The first-order chi connectivity index (χ1) is 13.8. The van der Waals surface area contributed by atoms with Crippen molar-refractivity contribution in [2.45, 2.75) is 6.42 Å². The van der Waals surface area contributed by atoms with E-state index in [0.29, 0.717) is 6.42 Å². The van der Waals surface area contributed by atoms with Crippen LogP contribution in [0, 0.1) is 15.9 Å². The molecule has 0 unspecified atom stereocenters. The van der Waals surface area contributed by atoms with Crippen LogP contribution in [0.4, 0.5) is 10.1 Å². The molecule has 0 aliphatic carbocycles. The van der Waals surface area contributed by atoms with Crippen molar-refractivity contribution >= 4 is 23.5 Å². The number of halogens is 1. The van der Waals surface area contributed by atoms with Gasteiger partial charge in [-0.15, -0.1) is 0 Å². The van der Waals surface area contributed by atoms with Crippen molar-refractivity contribution in [2.24, 2.45) is 0 Å². The Hall–Kier alpha value is -3.82. The van der Waals surface area contributed by atoms with E-state index in [9.17, 15) is 28.9 Å². The van der Waals surface area contributed by atoms with Crippen LogP contribution in [0.5, 0.6) is 0 Å². The van der Waals surface area contributed by atoms with E-state index in [1.54, 1.807) is 12.1 Å². The molecule has 2 aromatic carbocycles. The average molecular weight is 404 g/mol. The smallest absolute Gasteiger partial charge is 0.338 e. The first-order valence-electron chi connectivity index (χ1n) is 8.36. The monoisotopic (exact) mass is 404 g/mol. The standard InChI is InChI=1S/C19H17FN2O7/c1-28-18(24)13-8-14(10-16(9-13)22(26)27)19(25)29-11-17(23)21-7-6-12-2-4-15(20)5-3-12/h2-5,8-10H,6-7,11H2,1H3,(H,21,23). The quantitative estimate of drug-likeness (QED) is 0.405. The molecule has 1 N–H and O–H groups in total. The van der Waals surface area contributed by atoms with Crippen LogP contribution in [-0.2, 0) is 20.7 Å². The molecule has 0 fully saturated rings. The number of hydrogen-bond acceptors (Lipinski definition) is 7. The summed E-state index contributed by atoms with van der Waals surface area (Å²) in [6.07, 6.45) is 0.452. The zero-order valence-corrected chi connectivity index (χ0v) is 15.3. The number of methoxy groups -OCH3 is 1. The summed E-state index contributed by atoms with van der Waals surface area (Å²) < 4.78 is 22.2. The van der Waals surface area contributed by atoms with Gasteiger partial charge in [-0.05, 0) is 30.2 Å². The second-order valence-corrected chi connectivity index (χ2v) is 5.82. The minimum absolute atomic E-state index is 0.197. The van der Waals surface area contributed by atoms with Gasteiger partial charge in [0.2, 0.25) is 0 Å². The molecular weight excluding hydrogens is 387 g/mol. The van der Waals surface area contributed by atoms with Crippen molar-refractivity contribution in [1.82, 2.24) is 5.32 Å². The lowest BCUT2D eigenvalue weighted by Crippen LogP contribution is -2.30. The summed E-state index contributed by atoms with van der Waals surface area (Å²) in [6.45, 7) is -0.371. The molecule has 0 radical (unpaired) electrons. The third kappa shape index (κ3) is 6.38. The topological polar surface area (TPSA) is 125 Å². The highest BCUT2D eigenvalue weighted by atomic mass is 19.1. The average Bonchev–Trinajstić information content (AvgIpc) is 2.72. The van der Waals surface area contributed by atoms with Gasteiger partial charge < -0.3 is 14.8 Å². The Labute approximate surface area is 164 Å². The maximum Gasteiger partial charge on any atom is 0.338 e. The molecule has 29 heavy (non-hydrogen) atoms. The van der Waals surface area contributed by atoms with Gasteiger partial charge in [0.1, 0.15) is 5.82 Å². The molecule has 0 heterocycles. The number of esters is 2. The highest BCUT2D eigenvalue weighted by Gasteiger charge is 2.19. The van der Waals surface area contributed by atoms with E-state index in [1.807, 2.05) is 0 Å². The highest BCUT2D eigenvalue weighted by Crippen LogP contribution is 2.19. The lowest BCUT2D eigenvalue weighted by molar-refractivity contribution is -0.384. The van der Waals surface area contributed by atoms with Crippen LogP contribution in [0.15, 0.2) is 42.5 Å². The molecule has 0 spiro atoms. The second-order valence-electron chi connectivity index (χ2n) is 5.82. The molecule has 10 heteroatoms. The van der Waals surface area contributed by atoms with E-state index in [4.69, 9.17) is 4.74 Å². The fourth-order valence-electron chi connectivity index (χ4n) is 2.33. The van der Waals surface area contributed by atoms with Gasteiger partial charge in [-0.25, -0.2) is 14.0 Å². The minimum Gasteiger partial charge on any atom is -0.465 e. The number of carbonyl (C=O) groups excluding carboxylic acids is 3. The number of rotatable bonds is 8. The lowest BCUT2D eigenvalue weighted by atomic mass is 10.1. The van der Waals surface area contributed by atoms with Crippen LogP contribution in [0.2, 0.25) is 0 Å². The number of amides is 1. The Morgan fingerprint density at radius 1 is 1.07 bits per heavy atom. The maximum atomic E-state index is 12.8. The molecule has 0 bridgehead atoms. The summed E-state index contributed by atoms with van der Waals surface area (Å²) in [6, 6.07) is 8.76. The number of nitrogens with one attached hydrogen (secondary N) is 1. The zero-order chi connectivity index (χ0) is 21.4.